The van der Waals surface area contributed by atoms with Gasteiger partial charge in [-0.3, -0.25) is 4.55 Å². The van der Waals surface area contributed by atoms with Crippen LogP contribution in [0.3, 0.4) is 0 Å². The van der Waals surface area contributed by atoms with Gasteiger partial charge in [-0.05, 0) is 12.8 Å². The molecule has 1 aliphatic rings. The molecule has 1 atom stereocenters. The molecule has 1 unspecified atom stereocenters. The third-order valence-electron chi connectivity index (χ3n) is 2.24. The first-order chi connectivity index (χ1) is 7.54. The fraction of sp³-hybridized carbons (Fsp3) is 0.556. The molecule has 0 bridgehead atoms. The number of hydrogen-bond donors (Lipinski definition) is 1. The van der Waals surface area contributed by atoms with Crippen molar-refractivity contribution in [2.24, 2.45) is 0 Å². The molecule has 0 saturated carbocycles. The second-order valence-electron chi connectivity index (χ2n) is 3.58. The molecule has 0 aromatic carbocycles. The molecule has 17 heavy (non-hydrogen) atoms. The molecule has 1 aromatic rings. The summed E-state index contributed by atoms with van der Waals surface area (Å²) in [5.41, 5.74) is 0. The standard InChI is InChI=1S/C9H12O5S2.K.H/c10-16(11,12)3-1-2-7-4-13-8-5-15-6-9(8)14-7;;/h5-7H,1-4H2,(H,10,11,12);;. The van der Waals surface area contributed by atoms with E-state index in [1.54, 1.807) is 0 Å². The van der Waals surface area contributed by atoms with Crippen LogP contribution in [0.5, 0.6) is 11.5 Å². The van der Waals surface area contributed by atoms with Crippen molar-refractivity contribution in [2.45, 2.75) is 18.9 Å². The van der Waals surface area contributed by atoms with Crippen LogP contribution >= 0.6 is 11.3 Å². The molecule has 1 N–H and O–H groups in total. The maximum absolute atomic E-state index is 10.5. The summed E-state index contributed by atoms with van der Waals surface area (Å²) >= 11 is 1.50. The molecular formula is C9H13KO5S2. The van der Waals surface area contributed by atoms with Crippen LogP contribution in [0.4, 0.5) is 0 Å². The van der Waals surface area contributed by atoms with Gasteiger partial charge in [0.25, 0.3) is 10.1 Å². The number of fused-ring (bicyclic) bond motifs is 1. The Bertz CT molecular complexity index is 456. The summed E-state index contributed by atoms with van der Waals surface area (Å²) in [4.78, 5) is 0. The number of hydrogen-bond acceptors (Lipinski definition) is 5. The first-order valence-electron chi connectivity index (χ1n) is 4.85. The van der Waals surface area contributed by atoms with Crippen molar-refractivity contribution in [2.75, 3.05) is 12.4 Å². The summed E-state index contributed by atoms with van der Waals surface area (Å²) in [6.07, 6.45) is 0.783. The minimum atomic E-state index is -3.87. The first kappa shape index (κ1) is 15.9. The summed E-state index contributed by atoms with van der Waals surface area (Å²) < 4.78 is 40.6. The molecule has 0 saturated heterocycles. The Morgan fingerprint density at radius 1 is 1.41 bits per heavy atom. The monoisotopic (exact) mass is 304 g/mol. The van der Waals surface area contributed by atoms with Crippen LogP contribution in [0, 0.1) is 0 Å². The predicted octanol–water partition coefficient (Wildman–Crippen LogP) is 0.907. The first-order valence-corrected chi connectivity index (χ1v) is 7.40. The van der Waals surface area contributed by atoms with E-state index < -0.39 is 10.1 Å². The van der Waals surface area contributed by atoms with Gasteiger partial charge in [0.2, 0.25) is 0 Å². The van der Waals surface area contributed by atoms with Gasteiger partial charge in [-0.15, -0.1) is 11.3 Å². The molecule has 0 radical (unpaired) electrons. The minimum absolute atomic E-state index is 0. The maximum atomic E-state index is 10.5. The van der Waals surface area contributed by atoms with Gasteiger partial charge >= 0.3 is 51.4 Å². The summed E-state index contributed by atoms with van der Waals surface area (Å²) in [7, 11) is -3.87. The van der Waals surface area contributed by atoms with Gasteiger partial charge in [-0.25, -0.2) is 0 Å². The predicted molar refractivity (Wildman–Crippen MR) is 67.0 cm³/mol. The van der Waals surface area contributed by atoms with Crippen LogP contribution in [0.2, 0.25) is 0 Å². The molecule has 1 aromatic heterocycles. The van der Waals surface area contributed by atoms with E-state index in [1.807, 2.05) is 10.8 Å². The molecule has 1 aliphatic heterocycles. The van der Waals surface area contributed by atoms with Crippen LogP contribution in [0.25, 0.3) is 0 Å². The molecule has 2 heterocycles. The van der Waals surface area contributed by atoms with E-state index in [0.29, 0.717) is 25.2 Å². The SMILES string of the molecule is O=S(=O)(O)CCCC1COc2cscc2O1.[KH]. The van der Waals surface area contributed by atoms with E-state index >= 15 is 0 Å². The van der Waals surface area contributed by atoms with Crippen molar-refractivity contribution in [1.29, 1.82) is 0 Å². The second-order valence-corrected chi connectivity index (χ2v) is 5.90. The van der Waals surface area contributed by atoms with E-state index in [4.69, 9.17) is 14.0 Å². The van der Waals surface area contributed by atoms with E-state index in [1.165, 1.54) is 11.3 Å². The molecule has 2 rings (SSSR count). The Labute approximate surface area is 147 Å². The van der Waals surface area contributed by atoms with E-state index in [0.717, 1.165) is 5.75 Å². The van der Waals surface area contributed by atoms with Crippen molar-refractivity contribution in [3.63, 3.8) is 0 Å². The van der Waals surface area contributed by atoms with Crippen LogP contribution in [-0.4, -0.2) is 82.8 Å². The Morgan fingerprint density at radius 2 is 2.12 bits per heavy atom. The number of ether oxygens (including phenoxy) is 2. The zero-order valence-electron chi connectivity index (χ0n) is 8.46. The Hall–Kier alpha value is 0.846. The average Bonchev–Trinajstić information content (AvgIpc) is 2.62. The van der Waals surface area contributed by atoms with Crippen LogP contribution in [-0.2, 0) is 10.1 Å². The van der Waals surface area contributed by atoms with E-state index in [9.17, 15) is 8.42 Å². The van der Waals surface area contributed by atoms with Crippen LogP contribution in [0.1, 0.15) is 12.8 Å². The fourth-order valence-electron chi connectivity index (χ4n) is 1.50. The van der Waals surface area contributed by atoms with Gasteiger partial charge < -0.3 is 9.47 Å². The van der Waals surface area contributed by atoms with Gasteiger partial charge in [0, 0.05) is 10.8 Å². The normalized spacial score (nSPS) is 18.5. The van der Waals surface area contributed by atoms with Crippen LogP contribution < -0.4 is 9.47 Å². The quantitative estimate of drug-likeness (QED) is 0.661. The molecule has 5 nitrogen and oxygen atoms in total. The molecule has 0 amide bonds. The number of rotatable bonds is 4. The third kappa shape index (κ3) is 5.15. The zero-order chi connectivity index (χ0) is 11.6. The van der Waals surface area contributed by atoms with Crippen molar-refractivity contribution in [3.05, 3.63) is 10.8 Å². The van der Waals surface area contributed by atoms with Crippen molar-refractivity contribution >= 4 is 72.8 Å². The van der Waals surface area contributed by atoms with Crippen LogP contribution in [0.15, 0.2) is 10.8 Å². The van der Waals surface area contributed by atoms with Gasteiger partial charge in [-0.2, -0.15) is 8.42 Å². The molecular weight excluding hydrogens is 291 g/mol. The molecule has 0 aliphatic carbocycles. The fourth-order valence-corrected chi connectivity index (χ4v) is 2.70. The van der Waals surface area contributed by atoms with Gasteiger partial charge in [0.15, 0.2) is 11.5 Å². The van der Waals surface area contributed by atoms with E-state index in [2.05, 4.69) is 0 Å². The van der Waals surface area contributed by atoms with Gasteiger partial charge in [0.1, 0.15) is 12.7 Å². The second kappa shape index (κ2) is 6.85. The topological polar surface area (TPSA) is 72.8 Å². The molecule has 92 valence electrons. The van der Waals surface area contributed by atoms with Crippen molar-refractivity contribution < 1.29 is 22.4 Å². The Balaban J connectivity index is 0.00000144. The summed E-state index contributed by atoms with van der Waals surface area (Å²) in [5.74, 6) is 1.23. The van der Waals surface area contributed by atoms with E-state index in [-0.39, 0.29) is 63.2 Å². The summed E-state index contributed by atoms with van der Waals surface area (Å²) in [6.45, 7) is 0.426. The zero-order valence-corrected chi connectivity index (χ0v) is 10.1. The number of thiophene rings is 1. The Kier molecular flexibility index (Phi) is 6.41. The average molecular weight is 304 g/mol. The third-order valence-corrected chi connectivity index (χ3v) is 3.74. The summed E-state index contributed by atoms with van der Waals surface area (Å²) in [6, 6.07) is 0. The molecule has 0 fully saturated rings. The van der Waals surface area contributed by atoms with Crippen molar-refractivity contribution in [3.8, 4) is 11.5 Å². The molecule has 8 heteroatoms. The summed E-state index contributed by atoms with van der Waals surface area (Å²) in [5, 5.41) is 3.72. The van der Waals surface area contributed by atoms with Gasteiger partial charge in [-0.1, -0.05) is 0 Å². The molecule has 0 spiro atoms. The van der Waals surface area contributed by atoms with Crippen molar-refractivity contribution in [1.82, 2.24) is 0 Å². The van der Waals surface area contributed by atoms with Gasteiger partial charge in [0.05, 0.1) is 5.75 Å². The Morgan fingerprint density at radius 3 is 2.82 bits per heavy atom.